The van der Waals surface area contributed by atoms with Crippen molar-refractivity contribution >= 4 is 0 Å². The monoisotopic (exact) mass is 268 g/mol. The number of nitrogens with one attached hydrogen (secondary N) is 1. The summed E-state index contributed by atoms with van der Waals surface area (Å²) in [5.41, 5.74) is 1.15. The zero-order valence-electron chi connectivity index (χ0n) is 11.9. The van der Waals surface area contributed by atoms with Crippen molar-refractivity contribution in [1.82, 2.24) is 10.3 Å². The Kier molecular flexibility index (Phi) is 7.59. The first-order valence-electron chi connectivity index (χ1n) is 6.55. The average molecular weight is 268 g/mol. The van der Waals surface area contributed by atoms with Gasteiger partial charge in [-0.25, -0.2) is 0 Å². The number of methoxy groups -OCH3 is 1. The van der Waals surface area contributed by atoms with Gasteiger partial charge in [0.05, 0.1) is 25.4 Å². The van der Waals surface area contributed by atoms with Crippen molar-refractivity contribution in [3.63, 3.8) is 0 Å². The summed E-state index contributed by atoms with van der Waals surface area (Å²) in [4.78, 5) is 3.98. The zero-order valence-corrected chi connectivity index (χ0v) is 11.9. The number of pyridine rings is 1. The van der Waals surface area contributed by atoms with Crippen LogP contribution in [0.25, 0.3) is 0 Å². The predicted molar refractivity (Wildman–Crippen MR) is 74.0 cm³/mol. The Hall–Kier alpha value is -1.01. The minimum Gasteiger partial charge on any atom is -0.389 e. The van der Waals surface area contributed by atoms with E-state index in [1.54, 1.807) is 19.5 Å². The van der Waals surface area contributed by atoms with Crippen LogP contribution < -0.4 is 5.32 Å². The van der Waals surface area contributed by atoms with Crippen molar-refractivity contribution in [2.24, 2.45) is 0 Å². The molecule has 0 spiro atoms. The highest BCUT2D eigenvalue weighted by Gasteiger charge is 2.10. The number of ether oxygens (including phenoxy) is 2. The fraction of sp³-hybridized carbons (Fsp3) is 0.643. The van der Waals surface area contributed by atoms with Gasteiger partial charge in [-0.15, -0.1) is 0 Å². The van der Waals surface area contributed by atoms with Gasteiger partial charge >= 0.3 is 0 Å². The van der Waals surface area contributed by atoms with Crippen LogP contribution in [0.4, 0.5) is 0 Å². The van der Waals surface area contributed by atoms with Crippen LogP contribution in [0.1, 0.15) is 25.5 Å². The number of rotatable bonds is 9. The van der Waals surface area contributed by atoms with Crippen LogP contribution in [-0.4, -0.2) is 49.2 Å². The van der Waals surface area contributed by atoms with Crippen LogP contribution in [0.15, 0.2) is 24.5 Å². The van der Waals surface area contributed by atoms with Crippen molar-refractivity contribution in [2.45, 2.75) is 32.1 Å². The van der Waals surface area contributed by atoms with E-state index in [4.69, 9.17) is 9.47 Å². The van der Waals surface area contributed by atoms with Gasteiger partial charge in [0.1, 0.15) is 0 Å². The van der Waals surface area contributed by atoms with E-state index in [1.165, 1.54) is 0 Å². The third-order valence-corrected chi connectivity index (χ3v) is 2.84. The van der Waals surface area contributed by atoms with Crippen LogP contribution in [0.5, 0.6) is 0 Å². The second-order valence-corrected chi connectivity index (χ2v) is 4.66. The quantitative estimate of drug-likeness (QED) is 0.703. The molecular formula is C14H24N2O3. The average Bonchev–Trinajstić information content (AvgIpc) is 2.44. The van der Waals surface area contributed by atoms with E-state index in [9.17, 15) is 5.11 Å². The maximum atomic E-state index is 9.82. The molecule has 2 N–H and O–H groups in total. The smallest absolute Gasteiger partial charge is 0.0898 e. The van der Waals surface area contributed by atoms with Gasteiger partial charge in [0, 0.05) is 32.1 Å². The van der Waals surface area contributed by atoms with Gasteiger partial charge < -0.3 is 19.9 Å². The molecule has 1 heterocycles. The Bertz CT molecular complexity index is 335. The fourth-order valence-electron chi connectivity index (χ4n) is 1.70. The van der Waals surface area contributed by atoms with Crippen LogP contribution in [0, 0.1) is 0 Å². The van der Waals surface area contributed by atoms with E-state index < -0.39 is 6.10 Å². The molecule has 0 amide bonds. The Morgan fingerprint density at radius 1 is 1.26 bits per heavy atom. The third-order valence-electron chi connectivity index (χ3n) is 2.84. The number of aliphatic hydroxyl groups is 1. The molecule has 0 aliphatic carbocycles. The number of hydrogen-bond acceptors (Lipinski definition) is 5. The van der Waals surface area contributed by atoms with Crippen molar-refractivity contribution in [3.8, 4) is 0 Å². The Balaban J connectivity index is 2.21. The second-order valence-electron chi connectivity index (χ2n) is 4.66. The molecule has 0 aliphatic rings. The molecule has 3 atom stereocenters. The molecular weight excluding hydrogens is 244 g/mol. The van der Waals surface area contributed by atoms with Gasteiger partial charge in [-0.1, -0.05) is 0 Å². The molecule has 3 unspecified atom stereocenters. The standard InChI is InChI=1S/C14H24N2O3/c1-11(9-18-3)19-10-14(17)8-16-12(2)13-4-6-15-7-5-13/h4-7,11-12,14,16-17H,8-10H2,1-3H3. The van der Waals surface area contributed by atoms with Gasteiger partial charge in [0.2, 0.25) is 0 Å². The fourth-order valence-corrected chi connectivity index (χ4v) is 1.70. The summed E-state index contributed by atoms with van der Waals surface area (Å²) in [5, 5.41) is 13.1. The van der Waals surface area contributed by atoms with Crippen molar-refractivity contribution in [3.05, 3.63) is 30.1 Å². The van der Waals surface area contributed by atoms with Crippen molar-refractivity contribution in [2.75, 3.05) is 26.9 Å². The summed E-state index contributed by atoms with van der Waals surface area (Å²) in [6.45, 7) is 5.30. The molecule has 5 nitrogen and oxygen atoms in total. The molecule has 1 rings (SSSR count). The summed E-state index contributed by atoms with van der Waals surface area (Å²) >= 11 is 0. The molecule has 19 heavy (non-hydrogen) atoms. The summed E-state index contributed by atoms with van der Waals surface area (Å²) in [6, 6.07) is 4.09. The molecule has 0 radical (unpaired) electrons. The van der Waals surface area contributed by atoms with E-state index >= 15 is 0 Å². The lowest BCUT2D eigenvalue weighted by atomic mass is 10.1. The van der Waals surface area contributed by atoms with Crippen LogP contribution >= 0.6 is 0 Å². The van der Waals surface area contributed by atoms with Gasteiger partial charge in [0.15, 0.2) is 0 Å². The lowest BCUT2D eigenvalue weighted by Gasteiger charge is -2.19. The largest absolute Gasteiger partial charge is 0.389 e. The highest BCUT2D eigenvalue weighted by Crippen LogP contribution is 2.09. The van der Waals surface area contributed by atoms with Gasteiger partial charge in [-0.05, 0) is 31.5 Å². The van der Waals surface area contributed by atoms with Gasteiger partial charge in [-0.2, -0.15) is 0 Å². The summed E-state index contributed by atoms with van der Waals surface area (Å²) in [7, 11) is 1.63. The van der Waals surface area contributed by atoms with E-state index in [0.29, 0.717) is 19.8 Å². The van der Waals surface area contributed by atoms with Crippen LogP contribution in [0.3, 0.4) is 0 Å². The molecule has 0 aromatic carbocycles. The number of hydrogen-bond donors (Lipinski definition) is 2. The zero-order chi connectivity index (χ0) is 14.1. The molecule has 1 aromatic heterocycles. The minimum absolute atomic E-state index is 0.00253. The Labute approximate surface area is 115 Å². The van der Waals surface area contributed by atoms with E-state index in [2.05, 4.69) is 17.2 Å². The lowest BCUT2D eigenvalue weighted by Crippen LogP contribution is -2.33. The predicted octanol–water partition coefficient (Wildman–Crippen LogP) is 1.14. The maximum Gasteiger partial charge on any atom is 0.0898 e. The highest BCUT2D eigenvalue weighted by molar-refractivity contribution is 5.13. The first kappa shape index (κ1) is 16.0. The van der Waals surface area contributed by atoms with E-state index in [1.807, 2.05) is 19.1 Å². The number of aliphatic hydroxyl groups excluding tert-OH is 1. The van der Waals surface area contributed by atoms with Crippen LogP contribution in [-0.2, 0) is 9.47 Å². The molecule has 0 fully saturated rings. The molecule has 5 heteroatoms. The van der Waals surface area contributed by atoms with Crippen molar-refractivity contribution in [1.29, 1.82) is 0 Å². The molecule has 0 saturated carbocycles. The lowest BCUT2D eigenvalue weighted by molar-refractivity contribution is -0.0315. The van der Waals surface area contributed by atoms with Gasteiger partial charge in [-0.3, -0.25) is 4.98 Å². The molecule has 108 valence electrons. The van der Waals surface area contributed by atoms with E-state index in [0.717, 1.165) is 5.56 Å². The topological polar surface area (TPSA) is 63.6 Å². The minimum atomic E-state index is -0.524. The SMILES string of the molecule is COCC(C)OCC(O)CNC(C)c1ccncc1. The third kappa shape index (κ3) is 6.63. The first-order valence-corrected chi connectivity index (χ1v) is 6.55. The normalized spacial score (nSPS) is 16.0. The number of aromatic nitrogens is 1. The highest BCUT2D eigenvalue weighted by atomic mass is 16.5. The summed E-state index contributed by atoms with van der Waals surface area (Å²) in [5.74, 6) is 0. The summed E-state index contributed by atoms with van der Waals surface area (Å²) < 4.78 is 10.4. The first-order chi connectivity index (χ1) is 9.13. The van der Waals surface area contributed by atoms with E-state index in [-0.39, 0.29) is 12.1 Å². The molecule has 0 saturated heterocycles. The number of nitrogens with zero attached hydrogens (tertiary/aromatic N) is 1. The Morgan fingerprint density at radius 2 is 1.95 bits per heavy atom. The molecule has 0 aliphatic heterocycles. The summed E-state index contributed by atoms with van der Waals surface area (Å²) in [6.07, 6.45) is 3.00. The van der Waals surface area contributed by atoms with Gasteiger partial charge in [0.25, 0.3) is 0 Å². The maximum absolute atomic E-state index is 9.82. The van der Waals surface area contributed by atoms with Crippen LogP contribution in [0.2, 0.25) is 0 Å². The Morgan fingerprint density at radius 3 is 2.58 bits per heavy atom. The van der Waals surface area contributed by atoms with Crippen molar-refractivity contribution < 1.29 is 14.6 Å². The second kappa shape index (κ2) is 8.98. The molecule has 1 aromatic rings. The molecule has 0 bridgehead atoms.